The van der Waals surface area contributed by atoms with E-state index in [1.807, 2.05) is 0 Å². The highest BCUT2D eigenvalue weighted by Gasteiger charge is 2.29. The Labute approximate surface area is 86.8 Å². The molecule has 0 aromatic carbocycles. The number of hydrogen-bond acceptors (Lipinski definition) is 4. The summed E-state index contributed by atoms with van der Waals surface area (Å²) in [5, 5.41) is 11.7. The van der Waals surface area contributed by atoms with E-state index in [9.17, 15) is 9.59 Å². The van der Waals surface area contributed by atoms with Crippen LogP contribution in [0.15, 0.2) is 0 Å². The van der Waals surface area contributed by atoms with Crippen LogP contribution in [-0.4, -0.2) is 52.6 Å². The number of amides is 1. The quantitative estimate of drug-likeness (QED) is 0.673. The summed E-state index contributed by atoms with van der Waals surface area (Å²) < 4.78 is 0. The van der Waals surface area contributed by atoms with Crippen LogP contribution in [0.5, 0.6) is 0 Å². The molecule has 0 saturated carbocycles. The summed E-state index contributed by atoms with van der Waals surface area (Å²) in [5.41, 5.74) is 0. The standard InChI is InChI=1S/C8H14N2O3S/c1-5(8(12)13)10(2)7(11)6-3-14-4-9-6/h5-6,9H,3-4H2,1-2H3,(H,12,13). The van der Waals surface area contributed by atoms with Crippen LogP contribution in [0.25, 0.3) is 0 Å². The third kappa shape index (κ3) is 2.39. The molecular weight excluding hydrogens is 204 g/mol. The Morgan fingerprint density at radius 2 is 2.29 bits per heavy atom. The van der Waals surface area contributed by atoms with E-state index in [-0.39, 0.29) is 11.9 Å². The molecule has 0 radical (unpaired) electrons. The molecule has 2 unspecified atom stereocenters. The molecule has 0 aromatic rings. The Morgan fingerprint density at radius 1 is 1.64 bits per heavy atom. The maximum absolute atomic E-state index is 11.7. The maximum atomic E-state index is 11.7. The van der Waals surface area contributed by atoms with Crippen molar-refractivity contribution in [2.75, 3.05) is 18.7 Å². The molecule has 2 N–H and O–H groups in total. The molecule has 6 heteroatoms. The van der Waals surface area contributed by atoms with Crippen molar-refractivity contribution in [2.45, 2.75) is 19.0 Å². The lowest BCUT2D eigenvalue weighted by Crippen LogP contribution is -2.48. The second kappa shape index (κ2) is 4.65. The number of hydrogen-bond donors (Lipinski definition) is 2. The van der Waals surface area contributed by atoms with Crippen LogP contribution < -0.4 is 5.32 Å². The topological polar surface area (TPSA) is 69.6 Å². The Kier molecular flexibility index (Phi) is 3.77. The highest BCUT2D eigenvalue weighted by atomic mass is 32.2. The number of carbonyl (C=O) groups excluding carboxylic acids is 1. The van der Waals surface area contributed by atoms with E-state index in [4.69, 9.17) is 5.11 Å². The molecule has 0 aromatic heterocycles. The second-order valence-electron chi connectivity index (χ2n) is 3.24. The van der Waals surface area contributed by atoms with Gasteiger partial charge in [0.15, 0.2) is 0 Å². The number of nitrogens with one attached hydrogen (secondary N) is 1. The zero-order valence-corrected chi connectivity index (χ0v) is 9.00. The second-order valence-corrected chi connectivity index (χ2v) is 4.27. The molecule has 0 spiro atoms. The molecule has 1 fully saturated rings. The average molecular weight is 218 g/mol. The molecule has 0 bridgehead atoms. The first-order valence-corrected chi connectivity index (χ1v) is 5.50. The number of carboxylic acid groups (broad SMARTS) is 1. The molecule has 5 nitrogen and oxygen atoms in total. The highest BCUT2D eigenvalue weighted by Crippen LogP contribution is 2.12. The van der Waals surface area contributed by atoms with Gasteiger partial charge in [-0.3, -0.25) is 10.1 Å². The van der Waals surface area contributed by atoms with E-state index >= 15 is 0 Å². The molecule has 1 heterocycles. The fourth-order valence-electron chi connectivity index (χ4n) is 1.16. The van der Waals surface area contributed by atoms with Crippen molar-refractivity contribution in [1.82, 2.24) is 10.2 Å². The largest absolute Gasteiger partial charge is 0.480 e. The molecule has 1 aliphatic heterocycles. The summed E-state index contributed by atoms with van der Waals surface area (Å²) in [7, 11) is 1.52. The summed E-state index contributed by atoms with van der Waals surface area (Å²) in [4.78, 5) is 23.6. The van der Waals surface area contributed by atoms with Crippen molar-refractivity contribution in [3.8, 4) is 0 Å². The summed E-state index contributed by atoms with van der Waals surface area (Å²) in [6.07, 6.45) is 0. The number of carboxylic acids is 1. The first-order chi connectivity index (χ1) is 6.54. The molecule has 2 atom stereocenters. The van der Waals surface area contributed by atoms with Gasteiger partial charge < -0.3 is 10.0 Å². The number of thioether (sulfide) groups is 1. The molecule has 1 amide bonds. The van der Waals surface area contributed by atoms with E-state index in [0.29, 0.717) is 0 Å². The van der Waals surface area contributed by atoms with E-state index in [1.165, 1.54) is 18.9 Å². The predicted octanol–water partition coefficient (Wildman–Crippen LogP) is -0.420. The minimum Gasteiger partial charge on any atom is -0.480 e. The van der Waals surface area contributed by atoms with Crippen LogP contribution in [0.4, 0.5) is 0 Å². The van der Waals surface area contributed by atoms with E-state index < -0.39 is 12.0 Å². The van der Waals surface area contributed by atoms with Crippen molar-refractivity contribution in [3.63, 3.8) is 0 Å². The van der Waals surface area contributed by atoms with Crippen molar-refractivity contribution < 1.29 is 14.7 Å². The van der Waals surface area contributed by atoms with Crippen molar-refractivity contribution in [1.29, 1.82) is 0 Å². The van der Waals surface area contributed by atoms with Gasteiger partial charge in [0.05, 0.1) is 6.04 Å². The first-order valence-electron chi connectivity index (χ1n) is 4.34. The Hall–Kier alpha value is -0.750. The van der Waals surface area contributed by atoms with Crippen LogP contribution in [0.3, 0.4) is 0 Å². The molecule has 1 rings (SSSR count). The van der Waals surface area contributed by atoms with Gasteiger partial charge in [0, 0.05) is 18.7 Å². The zero-order valence-electron chi connectivity index (χ0n) is 8.19. The number of aliphatic carboxylic acids is 1. The summed E-state index contributed by atoms with van der Waals surface area (Å²) in [6, 6.07) is -0.998. The molecule has 0 aliphatic carbocycles. The summed E-state index contributed by atoms with van der Waals surface area (Å²) >= 11 is 1.64. The van der Waals surface area contributed by atoms with E-state index in [2.05, 4.69) is 5.32 Å². The van der Waals surface area contributed by atoms with Crippen molar-refractivity contribution in [2.24, 2.45) is 0 Å². The lowest BCUT2D eigenvalue weighted by atomic mass is 10.2. The number of likely N-dealkylation sites (N-methyl/N-ethyl adjacent to an activating group) is 1. The highest BCUT2D eigenvalue weighted by molar-refractivity contribution is 7.99. The smallest absolute Gasteiger partial charge is 0.326 e. The van der Waals surface area contributed by atoms with Crippen molar-refractivity contribution in [3.05, 3.63) is 0 Å². The lowest BCUT2D eigenvalue weighted by Gasteiger charge is -2.24. The summed E-state index contributed by atoms with van der Waals surface area (Å²) in [5.74, 6) is 0.345. The van der Waals surface area contributed by atoms with Gasteiger partial charge in [0.2, 0.25) is 5.91 Å². The normalized spacial score (nSPS) is 23.1. The monoisotopic (exact) mass is 218 g/mol. The number of nitrogens with zero attached hydrogens (tertiary/aromatic N) is 1. The first kappa shape index (κ1) is 11.3. The van der Waals surface area contributed by atoms with E-state index in [0.717, 1.165) is 11.6 Å². The fraction of sp³-hybridized carbons (Fsp3) is 0.750. The minimum atomic E-state index is -0.980. The maximum Gasteiger partial charge on any atom is 0.326 e. The van der Waals surface area contributed by atoms with Gasteiger partial charge in [-0.15, -0.1) is 11.8 Å². The zero-order chi connectivity index (χ0) is 10.7. The van der Waals surface area contributed by atoms with Gasteiger partial charge in [-0.25, -0.2) is 4.79 Å². The molecule has 1 saturated heterocycles. The molecule has 14 heavy (non-hydrogen) atoms. The van der Waals surface area contributed by atoms with Gasteiger partial charge in [0.1, 0.15) is 6.04 Å². The minimum absolute atomic E-state index is 0.148. The van der Waals surface area contributed by atoms with Crippen LogP contribution >= 0.6 is 11.8 Å². The molecular formula is C8H14N2O3S. The molecule has 1 aliphatic rings. The Balaban J connectivity index is 2.54. The van der Waals surface area contributed by atoms with Crippen LogP contribution in [0, 0.1) is 0 Å². The number of rotatable bonds is 3. The Morgan fingerprint density at radius 3 is 2.71 bits per heavy atom. The van der Waals surface area contributed by atoms with Gasteiger partial charge >= 0.3 is 5.97 Å². The van der Waals surface area contributed by atoms with Crippen LogP contribution in [0.1, 0.15) is 6.92 Å². The summed E-state index contributed by atoms with van der Waals surface area (Å²) in [6.45, 7) is 1.50. The SMILES string of the molecule is CC(C(=O)O)N(C)C(=O)C1CSCN1. The molecule has 80 valence electrons. The van der Waals surface area contributed by atoms with Gasteiger partial charge in [-0.2, -0.15) is 0 Å². The number of carbonyl (C=O) groups is 2. The van der Waals surface area contributed by atoms with Crippen molar-refractivity contribution >= 4 is 23.6 Å². The third-order valence-electron chi connectivity index (χ3n) is 2.30. The van der Waals surface area contributed by atoms with Gasteiger partial charge in [-0.05, 0) is 6.92 Å². The Bertz CT molecular complexity index is 241. The van der Waals surface area contributed by atoms with E-state index in [1.54, 1.807) is 11.8 Å². The fourth-order valence-corrected chi connectivity index (χ4v) is 2.09. The average Bonchev–Trinajstić information content (AvgIpc) is 2.67. The lowest BCUT2D eigenvalue weighted by molar-refractivity contribution is -0.148. The van der Waals surface area contributed by atoms with Crippen LogP contribution in [0.2, 0.25) is 0 Å². The van der Waals surface area contributed by atoms with Crippen LogP contribution in [-0.2, 0) is 9.59 Å². The van der Waals surface area contributed by atoms with Gasteiger partial charge in [0.25, 0.3) is 0 Å². The van der Waals surface area contributed by atoms with Gasteiger partial charge in [-0.1, -0.05) is 0 Å². The third-order valence-corrected chi connectivity index (χ3v) is 3.24. The predicted molar refractivity (Wildman–Crippen MR) is 54.1 cm³/mol.